The van der Waals surface area contributed by atoms with Crippen molar-refractivity contribution in [2.45, 2.75) is 32.7 Å². The van der Waals surface area contributed by atoms with E-state index in [-0.39, 0.29) is 0 Å². The molecule has 0 bridgehead atoms. The largest absolute Gasteiger partial charge is 0.469 e. The molecule has 14 heavy (non-hydrogen) atoms. The Morgan fingerprint density at radius 3 is 3.07 bits per heavy atom. The number of furan rings is 1. The first-order valence-electron chi connectivity index (χ1n) is 5.20. The van der Waals surface area contributed by atoms with Crippen LogP contribution in [0.25, 0.3) is 0 Å². The maximum absolute atomic E-state index is 5.28. The summed E-state index contributed by atoms with van der Waals surface area (Å²) in [5.41, 5.74) is 0. The average molecular weight is 193 g/mol. The minimum Gasteiger partial charge on any atom is -0.469 e. The average Bonchev–Trinajstić information content (AvgIpc) is 2.65. The summed E-state index contributed by atoms with van der Waals surface area (Å²) in [5, 5.41) is 3.44. The fraction of sp³-hybridized carbons (Fsp3) is 0.500. The first-order valence-corrected chi connectivity index (χ1v) is 5.20. The van der Waals surface area contributed by atoms with Gasteiger partial charge < -0.3 is 9.73 Å². The molecule has 0 aliphatic carbocycles. The molecule has 0 aliphatic heterocycles. The minimum absolute atomic E-state index is 0.478. The van der Waals surface area contributed by atoms with E-state index < -0.39 is 0 Å². The van der Waals surface area contributed by atoms with Crippen molar-refractivity contribution in [2.24, 2.45) is 0 Å². The predicted molar refractivity (Wildman–Crippen MR) is 59.3 cm³/mol. The number of nitrogens with one attached hydrogen (secondary N) is 1. The van der Waals surface area contributed by atoms with Crippen molar-refractivity contribution >= 4 is 0 Å². The van der Waals surface area contributed by atoms with Crippen LogP contribution >= 0.6 is 0 Å². The monoisotopic (exact) mass is 193 g/mol. The van der Waals surface area contributed by atoms with Crippen LogP contribution < -0.4 is 5.32 Å². The van der Waals surface area contributed by atoms with E-state index in [1.807, 2.05) is 19.1 Å². The van der Waals surface area contributed by atoms with Crippen LogP contribution in [0.15, 0.2) is 35.0 Å². The summed E-state index contributed by atoms with van der Waals surface area (Å²) in [4.78, 5) is 0. The van der Waals surface area contributed by atoms with Crippen LogP contribution in [-0.2, 0) is 6.42 Å². The first-order chi connectivity index (χ1) is 6.83. The summed E-state index contributed by atoms with van der Waals surface area (Å²) in [5.74, 6) is 1.05. The van der Waals surface area contributed by atoms with Gasteiger partial charge in [-0.15, -0.1) is 0 Å². The Hall–Kier alpha value is -1.02. The number of hydrogen-bond donors (Lipinski definition) is 1. The fourth-order valence-corrected chi connectivity index (χ4v) is 1.38. The topological polar surface area (TPSA) is 25.2 Å². The van der Waals surface area contributed by atoms with E-state index in [1.165, 1.54) is 0 Å². The van der Waals surface area contributed by atoms with Gasteiger partial charge in [-0.1, -0.05) is 12.2 Å². The molecule has 0 fully saturated rings. The molecular weight excluding hydrogens is 174 g/mol. The lowest BCUT2D eigenvalue weighted by Crippen LogP contribution is -2.28. The van der Waals surface area contributed by atoms with Gasteiger partial charge in [-0.3, -0.25) is 0 Å². The SMILES string of the molecule is C/C=C/CCNC(C)Cc1ccco1. The molecule has 78 valence electrons. The van der Waals surface area contributed by atoms with E-state index in [0.29, 0.717) is 6.04 Å². The first kappa shape index (κ1) is 11.1. The van der Waals surface area contributed by atoms with Gasteiger partial charge in [0.2, 0.25) is 0 Å². The summed E-state index contributed by atoms with van der Waals surface area (Å²) < 4.78 is 5.28. The van der Waals surface area contributed by atoms with E-state index >= 15 is 0 Å². The van der Waals surface area contributed by atoms with Gasteiger partial charge in [-0.05, 0) is 38.9 Å². The molecule has 0 amide bonds. The Morgan fingerprint density at radius 1 is 1.57 bits per heavy atom. The quantitative estimate of drug-likeness (QED) is 0.555. The Labute approximate surface area is 86.0 Å². The second kappa shape index (κ2) is 6.44. The molecule has 0 aliphatic rings. The Balaban J connectivity index is 2.13. The highest BCUT2D eigenvalue weighted by Crippen LogP contribution is 2.03. The van der Waals surface area contributed by atoms with Crippen LogP contribution in [0, 0.1) is 0 Å². The molecule has 0 saturated carbocycles. The van der Waals surface area contributed by atoms with Gasteiger partial charge in [-0.25, -0.2) is 0 Å². The Bertz CT molecular complexity index is 251. The second-order valence-corrected chi connectivity index (χ2v) is 3.50. The van der Waals surface area contributed by atoms with E-state index in [2.05, 4.69) is 24.4 Å². The third kappa shape index (κ3) is 4.28. The molecule has 0 aromatic carbocycles. The van der Waals surface area contributed by atoms with E-state index in [0.717, 1.165) is 25.1 Å². The second-order valence-electron chi connectivity index (χ2n) is 3.50. The highest BCUT2D eigenvalue weighted by atomic mass is 16.3. The van der Waals surface area contributed by atoms with Gasteiger partial charge in [0.25, 0.3) is 0 Å². The molecule has 1 unspecified atom stereocenters. The Kier molecular flexibility index (Phi) is 5.08. The number of hydrogen-bond acceptors (Lipinski definition) is 2. The maximum Gasteiger partial charge on any atom is 0.105 e. The van der Waals surface area contributed by atoms with E-state index in [4.69, 9.17) is 4.42 Å². The van der Waals surface area contributed by atoms with Gasteiger partial charge >= 0.3 is 0 Å². The van der Waals surface area contributed by atoms with Crippen LogP contribution in [0.2, 0.25) is 0 Å². The third-order valence-corrected chi connectivity index (χ3v) is 2.13. The molecule has 1 aromatic heterocycles. The number of allylic oxidation sites excluding steroid dienone is 1. The van der Waals surface area contributed by atoms with Gasteiger partial charge in [0.1, 0.15) is 5.76 Å². The minimum atomic E-state index is 0.478. The Morgan fingerprint density at radius 2 is 2.43 bits per heavy atom. The predicted octanol–water partition coefficient (Wildman–Crippen LogP) is 2.77. The third-order valence-electron chi connectivity index (χ3n) is 2.13. The van der Waals surface area contributed by atoms with Crippen molar-refractivity contribution in [3.8, 4) is 0 Å². The standard InChI is InChI=1S/C12H19NO/c1-3-4-5-8-13-11(2)10-12-7-6-9-14-12/h3-4,6-7,9,11,13H,5,8,10H2,1-2H3/b4-3+. The van der Waals surface area contributed by atoms with Gasteiger partial charge in [0.05, 0.1) is 6.26 Å². The molecular formula is C12H19NO. The molecule has 1 heterocycles. The van der Waals surface area contributed by atoms with E-state index in [1.54, 1.807) is 6.26 Å². The van der Waals surface area contributed by atoms with Crippen LogP contribution in [0.4, 0.5) is 0 Å². The lowest BCUT2D eigenvalue weighted by molar-refractivity contribution is 0.459. The molecule has 0 radical (unpaired) electrons. The van der Waals surface area contributed by atoms with E-state index in [9.17, 15) is 0 Å². The summed E-state index contributed by atoms with van der Waals surface area (Å²) >= 11 is 0. The highest BCUT2D eigenvalue weighted by molar-refractivity contribution is 4.99. The molecule has 1 atom stereocenters. The van der Waals surface area contributed by atoms with Crippen LogP contribution in [0.3, 0.4) is 0 Å². The summed E-state index contributed by atoms with van der Waals surface area (Å²) in [6.07, 6.45) is 8.04. The normalized spacial score (nSPS) is 13.6. The van der Waals surface area contributed by atoms with Gasteiger partial charge in [0, 0.05) is 12.5 Å². The maximum atomic E-state index is 5.28. The fourth-order valence-electron chi connectivity index (χ4n) is 1.38. The zero-order valence-corrected chi connectivity index (χ0v) is 8.99. The number of rotatable bonds is 6. The highest BCUT2D eigenvalue weighted by Gasteiger charge is 2.03. The van der Waals surface area contributed by atoms with Crippen molar-refractivity contribution in [3.05, 3.63) is 36.3 Å². The summed E-state index contributed by atoms with van der Waals surface area (Å²) in [6, 6.07) is 4.43. The zero-order chi connectivity index (χ0) is 10.2. The molecule has 1 rings (SSSR count). The van der Waals surface area contributed by atoms with Gasteiger partial charge in [0.15, 0.2) is 0 Å². The van der Waals surface area contributed by atoms with Crippen LogP contribution in [-0.4, -0.2) is 12.6 Å². The summed E-state index contributed by atoms with van der Waals surface area (Å²) in [7, 11) is 0. The molecule has 2 nitrogen and oxygen atoms in total. The molecule has 0 spiro atoms. The van der Waals surface area contributed by atoms with Crippen molar-refractivity contribution < 1.29 is 4.42 Å². The van der Waals surface area contributed by atoms with Gasteiger partial charge in [-0.2, -0.15) is 0 Å². The van der Waals surface area contributed by atoms with Crippen molar-refractivity contribution in [2.75, 3.05) is 6.54 Å². The smallest absolute Gasteiger partial charge is 0.105 e. The lowest BCUT2D eigenvalue weighted by Gasteiger charge is -2.10. The van der Waals surface area contributed by atoms with Crippen molar-refractivity contribution in [1.29, 1.82) is 0 Å². The van der Waals surface area contributed by atoms with Crippen LogP contribution in [0.5, 0.6) is 0 Å². The summed E-state index contributed by atoms with van der Waals surface area (Å²) in [6.45, 7) is 5.26. The van der Waals surface area contributed by atoms with Crippen molar-refractivity contribution in [1.82, 2.24) is 5.32 Å². The molecule has 0 saturated heterocycles. The van der Waals surface area contributed by atoms with Crippen LogP contribution in [0.1, 0.15) is 26.0 Å². The molecule has 2 heteroatoms. The van der Waals surface area contributed by atoms with Crippen molar-refractivity contribution in [3.63, 3.8) is 0 Å². The zero-order valence-electron chi connectivity index (χ0n) is 8.99. The molecule has 1 N–H and O–H groups in total. The molecule has 1 aromatic rings. The lowest BCUT2D eigenvalue weighted by atomic mass is 10.2.